The summed E-state index contributed by atoms with van der Waals surface area (Å²) < 4.78 is 6.40. The molecule has 1 aromatic rings. The molecule has 1 aliphatic rings. The molecule has 0 aliphatic carbocycles. The Morgan fingerprint density at radius 1 is 1.71 bits per heavy atom. The SMILES string of the molecule is CC1SCCC1NCc1occc1Br. The summed E-state index contributed by atoms with van der Waals surface area (Å²) in [6, 6.07) is 2.57. The van der Waals surface area contributed by atoms with Gasteiger partial charge in [-0.25, -0.2) is 0 Å². The highest BCUT2D eigenvalue weighted by Gasteiger charge is 2.23. The van der Waals surface area contributed by atoms with Crippen LogP contribution in [0.3, 0.4) is 0 Å². The van der Waals surface area contributed by atoms with Crippen molar-refractivity contribution in [3.05, 3.63) is 22.6 Å². The molecule has 0 radical (unpaired) electrons. The van der Waals surface area contributed by atoms with Gasteiger partial charge in [-0.2, -0.15) is 11.8 Å². The van der Waals surface area contributed by atoms with Gasteiger partial charge in [0.05, 0.1) is 17.3 Å². The topological polar surface area (TPSA) is 25.2 Å². The predicted molar refractivity (Wildman–Crippen MR) is 63.6 cm³/mol. The fourth-order valence-electron chi connectivity index (χ4n) is 1.67. The first kappa shape index (κ1) is 10.6. The van der Waals surface area contributed by atoms with Crippen molar-refractivity contribution >= 4 is 27.7 Å². The third-order valence-corrected chi connectivity index (χ3v) is 4.62. The first-order chi connectivity index (χ1) is 6.77. The highest BCUT2D eigenvalue weighted by Crippen LogP contribution is 2.26. The Balaban J connectivity index is 1.85. The minimum absolute atomic E-state index is 0.636. The average molecular weight is 276 g/mol. The summed E-state index contributed by atoms with van der Waals surface area (Å²) in [7, 11) is 0. The Bertz CT molecular complexity index is 302. The first-order valence-electron chi connectivity index (χ1n) is 4.84. The molecule has 0 bridgehead atoms. The van der Waals surface area contributed by atoms with Crippen LogP contribution in [-0.2, 0) is 6.54 Å². The van der Waals surface area contributed by atoms with E-state index in [0.717, 1.165) is 22.0 Å². The number of hydrogen-bond acceptors (Lipinski definition) is 3. The molecule has 1 aliphatic heterocycles. The second-order valence-corrected chi connectivity index (χ2v) is 5.88. The van der Waals surface area contributed by atoms with E-state index in [1.165, 1.54) is 12.2 Å². The highest BCUT2D eigenvalue weighted by atomic mass is 79.9. The lowest BCUT2D eigenvalue weighted by Crippen LogP contribution is -2.32. The molecule has 2 heterocycles. The summed E-state index contributed by atoms with van der Waals surface area (Å²) in [6.07, 6.45) is 2.98. The van der Waals surface area contributed by atoms with Gasteiger partial charge < -0.3 is 9.73 Å². The first-order valence-corrected chi connectivity index (χ1v) is 6.68. The Morgan fingerprint density at radius 2 is 2.57 bits per heavy atom. The summed E-state index contributed by atoms with van der Waals surface area (Å²) in [5.41, 5.74) is 0. The van der Waals surface area contributed by atoms with E-state index >= 15 is 0 Å². The van der Waals surface area contributed by atoms with Crippen molar-refractivity contribution in [2.45, 2.75) is 31.2 Å². The van der Waals surface area contributed by atoms with Crippen molar-refractivity contribution in [3.63, 3.8) is 0 Å². The Kier molecular flexibility index (Phi) is 3.57. The molecule has 1 N–H and O–H groups in total. The molecule has 2 rings (SSSR count). The maximum absolute atomic E-state index is 5.34. The van der Waals surface area contributed by atoms with E-state index in [4.69, 9.17) is 4.42 Å². The van der Waals surface area contributed by atoms with E-state index in [2.05, 4.69) is 28.2 Å². The molecular formula is C10H14BrNOS. The maximum Gasteiger partial charge on any atom is 0.131 e. The summed E-state index contributed by atoms with van der Waals surface area (Å²) >= 11 is 5.49. The quantitative estimate of drug-likeness (QED) is 0.918. The van der Waals surface area contributed by atoms with Gasteiger partial charge in [0.1, 0.15) is 5.76 Å². The van der Waals surface area contributed by atoms with Crippen LogP contribution in [-0.4, -0.2) is 17.0 Å². The Labute approximate surface area is 97.0 Å². The zero-order valence-corrected chi connectivity index (χ0v) is 10.5. The summed E-state index contributed by atoms with van der Waals surface area (Å²) in [5, 5.41) is 4.26. The van der Waals surface area contributed by atoms with E-state index in [0.29, 0.717) is 6.04 Å². The van der Waals surface area contributed by atoms with Crippen molar-refractivity contribution in [1.82, 2.24) is 5.32 Å². The van der Waals surface area contributed by atoms with E-state index in [1.54, 1.807) is 6.26 Å². The molecule has 0 aromatic carbocycles. The minimum Gasteiger partial charge on any atom is -0.467 e. The summed E-state index contributed by atoms with van der Waals surface area (Å²) in [5.74, 6) is 2.27. The zero-order valence-electron chi connectivity index (χ0n) is 8.13. The second-order valence-electron chi connectivity index (χ2n) is 3.54. The lowest BCUT2D eigenvalue weighted by atomic mass is 10.2. The van der Waals surface area contributed by atoms with Crippen molar-refractivity contribution in [1.29, 1.82) is 0 Å². The third-order valence-electron chi connectivity index (χ3n) is 2.59. The van der Waals surface area contributed by atoms with Gasteiger partial charge in [-0.3, -0.25) is 0 Å². The summed E-state index contributed by atoms with van der Waals surface area (Å²) in [6.45, 7) is 3.11. The lowest BCUT2D eigenvalue weighted by molar-refractivity contribution is 0.440. The molecule has 1 saturated heterocycles. The molecule has 1 fully saturated rings. The molecule has 4 heteroatoms. The molecule has 0 spiro atoms. The van der Waals surface area contributed by atoms with E-state index in [1.807, 2.05) is 17.8 Å². The van der Waals surface area contributed by atoms with Crippen LogP contribution in [0.1, 0.15) is 19.1 Å². The highest BCUT2D eigenvalue weighted by molar-refractivity contribution is 9.10. The van der Waals surface area contributed by atoms with E-state index in [9.17, 15) is 0 Å². The van der Waals surface area contributed by atoms with Crippen molar-refractivity contribution in [2.75, 3.05) is 5.75 Å². The molecular weight excluding hydrogens is 262 g/mol. The molecule has 1 aromatic heterocycles. The molecule has 14 heavy (non-hydrogen) atoms. The van der Waals surface area contributed by atoms with Crippen LogP contribution < -0.4 is 5.32 Å². The van der Waals surface area contributed by atoms with Crippen LogP contribution in [0.5, 0.6) is 0 Å². The van der Waals surface area contributed by atoms with Crippen molar-refractivity contribution in [2.24, 2.45) is 0 Å². The van der Waals surface area contributed by atoms with Crippen LogP contribution >= 0.6 is 27.7 Å². The van der Waals surface area contributed by atoms with Crippen LogP contribution in [0, 0.1) is 0 Å². The number of rotatable bonds is 3. The van der Waals surface area contributed by atoms with E-state index < -0.39 is 0 Å². The number of nitrogens with one attached hydrogen (secondary N) is 1. The average Bonchev–Trinajstić information content (AvgIpc) is 2.72. The zero-order chi connectivity index (χ0) is 9.97. The Morgan fingerprint density at radius 3 is 3.14 bits per heavy atom. The van der Waals surface area contributed by atoms with Crippen LogP contribution in [0.25, 0.3) is 0 Å². The van der Waals surface area contributed by atoms with Gasteiger partial charge in [0.2, 0.25) is 0 Å². The largest absolute Gasteiger partial charge is 0.467 e. The molecule has 0 saturated carbocycles. The van der Waals surface area contributed by atoms with Gasteiger partial charge in [-0.15, -0.1) is 0 Å². The van der Waals surface area contributed by atoms with E-state index in [-0.39, 0.29) is 0 Å². The standard InChI is InChI=1S/C10H14BrNOS/c1-7-9(3-5-14-7)12-6-10-8(11)2-4-13-10/h2,4,7,9,12H,3,5-6H2,1H3. The molecule has 2 unspecified atom stereocenters. The number of furan rings is 1. The second kappa shape index (κ2) is 4.73. The Hall–Kier alpha value is 0.0700. The normalized spacial score (nSPS) is 27.0. The van der Waals surface area contributed by atoms with Gasteiger partial charge in [-0.05, 0) is 34.2 Å². The van der Waals surface area contributed by atoms with Crippen molar-refractivity contribution < 1.29 is 4.42 Å². The number of halogens is 1. The van der Waals surface area contributed by atoms with Gasteiger partial charge in [0.15, 0.2) is 0 Å². The van der Waals surface area contributed by atoms with Gasteiger partial charge in [0.25, 0.3) is 0 Å². The monoisotopic (exact) mass is 275 g/mol. The third kappa shape index (κ3) is 2.35. The number of thioether (sulfide) groups is 1. The molecule has 0 amide bonds. The summed E-state index contributed by atoms with van der Waals surface area (Å²) in [4.78, 5) is 0. The fourth-order valence-corrected chi connectivity index (χ4v) is 3.24. The minimum atomic E-state index is 0.636. The lowest BCUT2D eigenvalue weighted by Gasteiger charge is -2.15. The molecule has 2 nitrogen and oxygen atoms in total. The maximum atomic E-state index is 5.34. The molecule has 78 valence electrons. The predicted octanol–water partition coefficient (Wildman–Crippen LogP) is 3.03. The van der Waals surface area contributed by atoms with Crippen LogP contribution in [0.4, 0.5) is 0 Å². The van der Waals surface area contributed by atoms with Gasteiger partial charge in [0, 0.05) is 11.3 Å². The van der Waals surface area contributed by atoms with Crippen LogP contribution in [0.15, 0.2) is 21.2 Å². The fraction of sp³-hybridized carbons (Fsp3) is 0.600. The van der Waals surface area contributed by atoms with Crippen molar-refractivity contribution in [3.8, 4) is 0 Å². The molecule has 2 atom stereocenters. The van der Waals surface area contributed by atoms with Gasteiger partial charge in [-0.1, -0.05) is 6.92 Å². The van der Waals surface area contributed by atoms with Crippen LogP contribution in [0.2, 0.25) is 0 Å². The smallest absolute Gasteiger partial charge is 0.131 e. The number of hydrogen-bond donors (Lipinski definition) is 1. The van der Waals surface area contributed by atoms with Gasteiger partial charge >= 0.3 is 0 Å².